The second-order valence-electron chi connectivity index (χ2n) is 8.88. The molecule has 1 saturated heterocycles. The van der Waals surface area contributed by atoms with Gasteiger partial charge in [0.2, 0.25) is 0 Å². The molecule has 0 radical (unpaired) electrons. The van der Waals surface area contributed by atoms with Crippen LogP contribution in [0.2, 0.25) is 0 Å². The number of hydrogen-bond acceptors (Lipinski definition) is 3. The van der Waals surface area contributed by atoms with E-state index in [-0.39, 0.29) is 22.4 Å². The normalized spacial score (nSPS) is 15.6. The number of aryl methyl sites for hydroxylation is 2. The molecule has 0 spiro atoms. The van der Waals surface area contributed by atoms with Crippen molar-refractivity contribution in [3.05, 3.63) is 63.3 Å². The molecular formula is C23H31N3O2. The van der Waals surface area contributed by atoms with Gasteiger partial charge >= 0.3 is 0 Å². The first-order valence-corrected chi connectivity index (χ1v) is 10.2. The van der Waals surface area contributed by atoms with Crippen molar-refractivity contribution in [2.75, 3.05) is 13.1 Å². The van der Waals surface area contributed by atoms with Crippen molar-refractivity contribution in [3.8, 4) is 0 Å². The number of rotatable bonds is 4. The van der Waals surface area contributed by atoms with E-state index in [0.717, 1.165) is 25.7 Å². The quantitative estimate of drug-likeness (QED) is 0.874. The lowest BCUT2D eigenvalue weighted by Crippen LogP contribution is -2.42. The number of aromatic nitrogens is 2. The Morgan fingerprint density at radius 1 is 1.18 bits per heavy atom. The average molecular weight is 382 g/mol. The highest BCUT2D eigenvalue weighted by molar-refractivity contribution is 5.94. The van der Waals surface area contributed by atoms with E-state index in [1.807, 2.05) is 31.7 Å². The maximum absolute atomic E-state index is 13.0. The van der Waals surface area contributed by atoms with Crippen LogP contribution in [0.1, 0.15) is 67.5 Å². The molecule has 0 bridgehead atoms. The van der Waals surface area contributed by atoms with Crippen LogP contribution in [-0.4, -0.2) is 33.9 Å². The predicted octanol–water partition coefficient (Wildman–Crippen LogP) is 3.86. The van der Waals surface area contributed by atoms with E-state index in [4.69, 9.17) is 0 Å². The molecule has 1 amide bonds. The summed E-state index contributed by atoms with van der Waals surface area (Å²) >= 11 is 0. The number of likely N-dealkylation sites (tertiary alicyclic amines) is 1. The number of benzene rings is 1. The minimum Gasteiger partial charge on any atom is -0.338 e. The summed E-state index contributed by atoms with van der Waals surface area (Å²) in [6, 6.07) is 10.5. The fourth-order valence-corrected chi connectivity index (χ4v) is 3.79. The zero-order chi connectivity index (χ0) is 20.3. The topological polar surface area (TPSA) is 66.1 Å². The molecule has 1 N–H and O–H groups in total. The number of carbonyl (C=O) groups excluding carboxylic acids is 1. The summed E-state index contributed by atoms with van der Waals surface area (Å²) in [5.41, 5.74) is 1.49. The molecule has 0 unspecified atom stereocenters. The third-order valence-corrected chi connectivity index (χ3v) is 5.61. The van der Waals surface area contributed by atoms with Crippen molar-refractivity contribution in [2.24, 2.45) is 5.92 Å². The molecule has 1 aliphatic heterocycles. The van der Waals surface area contributed by atoms with Gasteiger partial charge in [0.05, 0.1) is 5.69 Å². The SMILES string of the molecule is Cc1nc(C(C)(C)C)[nH]c(=O)c1C(=O)N1CCC(CCc2ccccc2)CC1. The van der Waals surface area contributed by atoms with E-state index in [1.165, 1.54) is 5.56 Å². The van der Waals surface area contributed by atoms with Gasteiger partial charge < -0.3 is 9.88 Å². The van der Waals surface area contributed by atoms with Crippen LogP contribution < -0.4 is 5.56 Å². The zero-order valence-corrected chi connectivity index (χ0v) is 17.4. The molecule has 3 rings (SSSR count). The Bertz CT molecular complexity index is 873. The van der Waals surface area contributed by atoms with Crippen LogP contribution >= 0.6 is 0 Å². The largest absolute Gasteiger partial charge is 0.338 e. The lowest BCUT2D eigenvalue weighted by atomic mass is 9.90. The Balaban J connectivity index is 1.62. The Morgan fingerprint density at radius 2 is 1.82 bits per heavy atom. The zero-order valence-electron chi connectivity index (χ0n) is 17.4. The van der Waals surface area contributed by atoms with Crippen LogP contribution in [0, 0.1) is 12.8 Å². The predicted molar refractivity (Wildman–Crippen MR) is 112 cm³/mol. The molecule has 1 aromatic heterocycles. The van der Waals surface area contributed by atoms with Crippen molar-refractivity contribution < 1.29 is 4.79 Å². The Kier molecular flexibility index (Phi) is 6.01. The first-order valence-electron chi connectivity index (χ1n) is 10.2. The van der Waals surface area contributed by atoms with E-state index < -0.39 is 0 Å². The molecule has 150 valence electrons. The molecule has 0 saturated carbocycles. The summed E-state index contributed by atoms with van der Waals surface area (Å²) in [6.07, 6.45) is 4.20. The third-order valence-electron chi connectivity index (χ3n) is 5.61. The number of aromatic amines is 1. The Hall–Kier alpha value is -2.43. The molecule has 0 atom stereocenters. The van der Waals surface area contributed by atoms with E-state index in [9.17, 15) is 9.59 Å². The molecule has 0 aliphatic carbocycles. The van der Waals surface area contributed by atoms with Crippen molar-refractivity contribution in [2.45, 2.75) is 58.8 Å². The molecule has 1 fully saturated rings. The number of amides is 1. The Labute approximate surface area is 167 Å². The van der Waals surface area contributed by atoms with Crippen molar-refractivity contribution in [1.82, 2.24) is 14.9 Å². The Morgan fingerprint density at radius 3 is 2.39 bits per heavy atom. The minimum atomic E-state index is -0.325. The van der Waals surface area contributed by atoms with Crippen LogP contribution in [0.3, 0.4) is 0 Å². The van der Waals surface area contributed by atoms with Gasteiger partial charge in [0.1, 0.15) is 11.4 Å². The second kappa shape index (κ2) is 8.29. The van der Waals surface area contributed by atoms with E-state index in [0.29, 0.717) is 30.5 Å². The van der Waals surface area contributed by atoms with Gasteiger partial charge in [-0.1, -0.05) is 51.1 Å². The third kappa shape index (κ3) is 4.70. The van der Waals surface area contributed by atoms with Gasteiger partial charge in [0, 0.05) is 18.5 Å². The number of piperidine rings is 1. The molecule has 2 aromatic rings. The maximum Gasteiger partial charge on any atom is 0.264 e. The molecule has 1 aromatic carbocycles. The number of H-pyrrole nitrogens is 1. The van der Waals surface area contributed by atoms with Crippen LogP contribution in [0.15, 0.2) is 35.1 Å². The molecule has 5 nitrogen and oxygen atoms in total. The number of carbonyl (C=O) groups is 1. The monoisotopic (exact) mass is 381 g/mol. The van der Waals surface area contributed by atoms with Crippen LogP contribution in [-0.2, 0) is 11.8 Å². The van der Waals surface area contributed by atoms with E-state index in [2.05, 4.69) is 34.2 Å². The van der Waals surface area contributed by atoms with Gasteiger partial charge in [-0.05, 0) is 44.1 Å². The molecular weight excluding hydrogens is 350 g/mol. The summed E-state index contributed by atoms with van der Waals surface area (Å²) in [5, 5.41) is 0. The van der Waals surface area contributed by atoms with Gasteiger partial charge in [0.15, 0.2) is 0 Å². The molecule has 2 heterocycles. The lowest BCUT2D eigenvalue weighted by molar-refractivity contribution is 0.0683. The highest BCUT2D eigenvalue weighted by Gasteiger charge is 2.28. The fraction of sp³-hybridized carbons (Fsp3) is 0.522. The first-order chi connectivity index (χ1) is 13.3. The fourth-order valence-electron chi connectivity index (χ4n) is 3.79. The van der Waals surface area contributed by atoms with Crippen LogP contribution in [0.5, 0.6) is 0 Å². The smallest absolute Gasteiger partial charge is 0.264 e. The standard InChI is InChI=1S/C23H31N3O2/c1-16-19(20(27)25-22(24-16)23(2,3)4)21(28)26-14-12-18(13-15-26)11-10-17-8-6-5-7-9-17/h5-9,18H,10-15H2,1-4H3,(H,24,25,27). The van der Waals surface area contributed by atoms with E-state index >= 15 is 0 Å². The van der Waals surface area contributed by atoms with E-state index in [1.54, 1.807) is 6.92 Å². The summed E-state index contributed by atoms with van der Waals surface area (Å²) in [5.74, 6) is 1.06. The van der Waals surface area contributed by atoms with Gasteiger partial charge in [-0.2, -0.15) is 0 Å². The van der Waals surface area contributed by atoms with Crippen molar-refractivity contribution >= 4 is 5.91 Å². The first kappa shape index (κ1) is 20.3. The second-order valence-corrected chi connectivity index (χ2v) is 8.88. The van der Waals surface area contributed by atoms with Crippen molar-refractivity contribution in [3.63, 3.8) is 0 Å². The minimum absolute atomic E-state index is 0.187. The number of hydrogen-bond donors (Lipinski definition) is 1. The number of nitrogens with one attached hydrogen (secondary N) is 1. The lowest BCUT2D eigenvalue weighted by Gasteiger charge is -2.32. The van der Waals surface area contributed by atoms with Crippen LogP contribution in [0.25, 0.3) is 0 Å². The van der Waals surface area contributed by atoms with Gasteiger partial charge in [-0.3, -0.25) is 9.59 Å². The summed E-state index contributed by atoms with van der Waals surface area (Å²) in [7, 11) is 0. The average Bonchev–Trinajstić information content (AvgIpc) is 2.66. The molecule has 28 heavy (non-hydrogen) atoms. The maximum atomic E-state index is 13.0. The number of nitrogens with zero attached hydrogens (tertiary/aromatic N) is 2. The highest BCUT2D eigenvalue weighted by Crippen LogP contribution is 2.24. The summed E-state index contributed by atoms with van der Waals surface area (Å²) in [6.45, 7) is 9.14. The summed E-state index contributed by atoms with van der Waals surface area (Å²) < 4.78 is 0. The molecule has 1 aliphatic rings. The highest BCUT2D eigenvalue weighted by atomic mass is 16.2. The van der Waals surface area contributed by atoms with Gasteiger partial charge in [-0.15, -0.1) is 0 Å². The van der Waals surface area contributed by atoms with Crippen molar-refractivity contribution in [1.29, 1.82) is 0 Å². The van der Waals surface area contributed by atoms with Gasteiger partial charge in [0.25, 0.3) is 11.5 Å². The summed E-state index contributed by atoms with van der Waals surface area (Å²) in [4.78, 5) is 34.6. The van der Waals surface area contributed by atoms with Gasteiger partial charge in [-0.25, -0.2) is 4.98 Å². The molecule has 5 heteroatoms. The van der Waals surface area contributed by atoms with Crippen LogP contribution in [0.4, 0.5) is 0 Å².